The predicted molar refractivity (Wildman–Crippen MR) is 68.1 cm³/mol. The Hall–Kier alpha value is -1.62. The number of hydrogen-bond acceptors (Lipinski definition) is 3. The Balaban J connectivity index is 2.84. The first kappa shape index (κ1) is 14.4. The third-order valence-electron chi connectivity index (χ3n) is 2.53. The summed E-state index contributed by atoms with van der Waals surface area (Å²) in [6.45, 7) is 3.68. The fourth-order valence-electron chi connectivity index (χ4n) is 1.81. The summed E-state index contributed by atoms with van der Waals surface area (Å²) >= 11 is 0. The van der Waals surface area contributed by atoms with Crippen LogP contribution in [-0.2, 0) is 0 Å². The zero-order valence-electron chi connectivity index (χ0n) is 10.9. The van der Waals surface area contributed by atoms with Crippen molar-refractivity contribution in [2.24, 2.45) is 5.73 Å². The van der Waals surface area contributed by atoms with Gasteiger partial charge in [-0.25, -0.2) is 4.39 Å². The smallest absolute Gasteiger partial charge is 0.258 e. The second kappa shape index (κ2) is 6.35. The van der Waals surface area contributed by atoms with Crippen LogP contribution >= 0.6 is 0 Å². The van der Waals surface area contributed by atoms with Crippen molar-refractivity contribution in [1.82, 2.24) is 5.32 Å². The van der Waals surface area contributed by atoms with E-state index in [9.17, 15) is 9.18 Å². The Morgan fingerprint density at radius 3 is 2.72 bits per heavy atom. The van der Waals surface area contributed by atoms with E-state index in [0.717, 1.165) is 0 Å². The molecular formula is C13H19FN2O2. The fourth-order valence-corrected chi connectivity index (χ4v) is 1.81. The first-order chi connectivity index (χ1) is 8.45. The van der Waals surface area contributed by atoms with E-state index >= 15 is 0 Å². The Bertz CT molecular complexity index is 421. The molecule has 1 amide bonds. The number of halogens is 1. The largest absolute Gasteiger partial charge is 0.496 e. The van der Waals surface area contributed by atoms with Gasteiger partial charge in [-0.3, -0.25) is 4.79 Å². The molecule has 0 fully saturated rings. The first-order valence-corrected chi connectivity index (χ1v) is 5.84. The van der Waals surface area contributed by atoms with E-state index < -0.39 is 11.7 Å². The van der Waals surface area contributed by atoms with Crippen LogP contribution in [0.3, 0.4) is 0 Å². The monoisotopic (exact) mass is 254 g/mol. The first-order valence-electron chi connectivity index (χ1n) is 5.84. The summed E-state index contributed by atoms with van der Waals surface area (Å²) in [6, 6.07) is 4.13. The van der Waals surface area contributed by atoms with Gasteiger partial charge < -0.3 is 15.8 Å². The number of rotatable bonds is 5. The molecule has 100 valence electrons. The van der Waals surface area contributed by atoms with E-state index in [0.29, 0.717) is 6.42 Å². The number of hydrogen-bond donors (Lipinski definition) is 2. The van der Waals surface area contributed by atoms with Gasteiger partial charge in [0.25, 0.3) is 5.91 Å². The minimum atomic E-state index is -0.597. The number of nitrogens with two attached hydrogens (primary N) is 1. The lowest BCUT2D eigenvalue weighted by atomic mass is 10.1. The van der Waals surface area contributed by atoms with Crippen LogP contribution in [0.1, 0.15) is 30.6 Å². The molecule has 18 heavy (non-hydrogen) atoms. The maximum Gasteiger partial charge on any atom is 0.258 e. The Morgan fingerprint density at radius 2 is 2.17 bits per heavy atom. The van der Waals surface area contributed by atoms with Crippen LogP contribution in [0.4, 0.5) is 4.39 Å². The van der Waals surface area contributed by atoms with Crippen LogP contribution in [0.15, 0.2) is 18.2 Å². The molecule has 0 aliphatic heterocycles. The van der Waals surface area contributed by atoms with Crippen molar-refractivity contribution in [3.05, 3.63) is 29.6 Å². The average molecular weight is 254 g/mol. The number of amides is 1. The molecule has 1 rings (SSSR count). The minimum Gasteiger partial charge on any atom is -0.496 e. The highest BCUT2D eigenvalue weighted by Crippen LogP contribution is 2.21. The maximum absolute atomic E-state index is 13.6. The standard InChI is InChI=1S/C13H19FN2O2/c1-8(15)7-9(2)16-13(17)12-10(14)5-4-6-11(12)18-3/h4-6,8-9H,7,15H2,1-3H3,(H,16,17). The number of carbonyl (C=O) groups is 1. The van der Waals surface area contributed by atoms with Gasteiger partial charge >= 0.3 is 0 Å². The molecule has 1 aromatic carbocycles. The Morgan fingerprint density at radius 1 is 1.50 bits per heavy atom. The molecule has 3 N–H and O–H groups in total. The topological polar surface area (TPSA) is 64.3 Å². The average Bonchev–Trinajstić information content (AvgIpc) is 2.26. The summed E-state index contributed by atoms with van der Waals surface area (Å²) in [4.78, 5) is 12.0. The number of benzene rings is 1. The molecule has 0 saturated heterocycles. The lowest BCUT2D eigenvalue weighted by Gasteiger charge is -2.17. The van der Waals surface area contributed by atoms with E-state index in [1.165, 1.54) is 19.2 Å². The molecule has 0 spiro atoms. The number of methoxy groups -OCH3 is 1. The van der Waals surface area contributed by atoms with Gasteiger partial charge in [-0.1, -0.05) is 6.07 Å². The van der Waals surface area contributed by atoms with Gasteiger partial charge in [0.15, 0.2) is 0 Å². The molecule has 5 heteroatoms. The molecule has 0 aliphatic carbocycles. The molecule has 0 bridgehead atoms. The fraction of sp³-hybridized carbons (Fsp3) is 0.462. The SMILES string of the molecule is COc1cccc(F)c1C(=O)NC(C)CC(C)N. The van der Waals surface area contributed by atoms with Gasteiger partial charge in [0.05, 0.1) is 7.11 Å². The van der Waals surface area contributed by atoms with E-state index in [-0.39, 0.29) is 23.4 Å². The zero-order chi connectivity index (χ0) is 13.7. The number of ether oxygens (including phenoxy) is 1. The highest BCUT2D eigenvalue weighted by molar-refractivity contribution is 5.97. The van der Waals surface area contributed by atoms with E-state index in [1.807, 2.05) is 13.8 Å². The van der Waals surface area contributed by atoms with Crippen molar-refractivity contribution in [2.75, 3.05) is 7.11 Å². The van der Waals surface area contributed by atoms with Gasteiger partial charge in [0.2, 0.25) is 0 Å². The lowest BCUT2D eigenvalue weighted by molar-refractivity contribution is 0.0930. The number of carbonyl (C=O) groups excluding carboxylic acids is 1. The molecule has 0 aromatic heterocycles. The van der Waals surface area contributed by atoms with Crippen LogP contribution in [-0.4, -0.2) is 25.1 Å². The van der Waals surface area contributed by atoms with Crippen molar-refractivity contribution in [3.8, 4) is 5.75 Å². The van der Waals surface area contributed by atoms with Crippen LogP contribution in [0, 0.1) is 5.82 Å². The van der Waals surface area contributed by atoms with Gasteiger partial charge in [0.1, 0.15) is 17.1 Å². The summed E-state index contributed by atoms with van der Waals surface area (Å²) in [6.07, 6.45) is 0.627. The highest BCUT2D eigenvalue weighted by atomic mass is 19.1. The summed E-state index contributed by atoms with van der Waals surface area (Å²) in [5.74, 6) is -0.863. The molecule has 2 atom stereocenters. The minimum absolute atomic E-state index is 0.0252. The number of nitrogens with one attached hydrogen (secondary N) is 1. The summed E-state index contributed by atoms with van der Waals surface area (Å²) in [7, 11) is 1.40. The molecule has 0 heterocycles. The normalized spacial score (nSPS) is 13.8. The van der Waals surface area contributed by atoms with E-state index in [1.54, 1.807) is 6.07 Å². The third-order valence-corrected chi connectivity index (χ3v) is 2.53. The van der Waals surface area contributed by atoms with Crippen molar-refractivity contribution in [1.29, 1.82) is 0 Å². The van der Waals surface area contributed by atoms with Crippen molar-refractivity contribution in [2.45, 2.75) is 32.4 Å². The van der Waals surface area contributed by atoms with Gasteiger partial charge in [-0.05, 0) is 32.4 Å². The van der Waals surface area contributed by atoms with Gasteiger partial charge in [-0.2, -0.15) is 0 Å². The molecule has 0 radical (unpaired) electrons. The van der Waals surface area contributed by atoms with Crippen LogP contribution < -0.4 is 15.8 Å². The van der Waals surface area contributed by atoms with Crippen LogP contribution in [0.25, 0.3) is 0 Å². The molecular weight excluding hydrogens is 235 g/mol. The summed E-state index contributed by atoms with van der Waals surface area (Å²) in [5, 5.41) is 2.70. The van der Waals surface area contributed by atoms with E-state index in [4.69, 9.17) is 10.5 Å². The second-order valence-electron chi connectivity index (χ2n) is 4.40. The van der Waals surface area contributed by atoms with Crippen LogP contribution in [0.5, 0.6) is 5.75 Å². The summed E-state index contributed by atoms with van der Waals surface area (Å²) in [5.41, 5.74) is 5.57. The van der Waals surface area contributed by atoms with Crippen molar-refractivity contribution >= 4 is 5.91 Å². The second-order valence-corrected chi connectivity index (χ2v) is 4.40. The van der Waals surface area contributed by atoms with Crippen LogP contribution in [0.2, 0.25) is 0 Å². The third kappa shape index (κ3) is 3.70. The lowest BCUT2D eigenvalue weighted by Crippen LogP contribution is -2.37. The maximum atomic E-state index is 13.6. The zero-order valence-corrected chi connectivity index (χ0v) is 10.9. The Labute approximate surface area is 106 Å². The van der Waals surface area contributed by atoms with E-state index in [2.05, 4.69) is 5.32 Å². The van der Waals surface area contributed by atoms with Gasteiger partial charge in [-0.15, -0.1) is 0 Å². The van der Waals surface area contributed by atoms with Gasteiger partial charge in [0, 0.05) is 12.1 Å². The van der Waals surface area contributed by atoms with Crippen molar-refractivity contribution < 1.29 is 13.9 Å². The Kier molecular flexibility index (Phi) is 5.09. The molecule has 0 saturated carbocycles. The molecule has 1 aromatic rings. The molecule has 4 nitrogen and oxygen atoms in total. The molecule has 0 aliphatic rings. The quantitative estimate of drug-likeness (QED) is 0.840. The highest BCUT2D eigenvalue weighted by Gasteiger charge is 2.19. The van der Waals surface area contributed by atoms with Crippen molar-refractivity contribution in [3.63, 3.8) is 0 Å². The predicted octanol–water partition coefficient (Wildman–Crippen LogP) is 1.69. The molecule has 2 unspecified atom stereocenters. The summed E-state index contributed by atoms with van der Waals surface area (Å²) < 4.78 is 18.6.